The molecule has 6 heteroatoms. The molecule has 3 aromatic rings. The van der Waals surface area contributed by atoms with Crippen LogP contribution in [0.3, 0.4) is 0 Å². The Morgan fingerprint density at radius 3 is 2.33 bits per heavy atom. The van der Waals surface area contributed by atoms with Crippen LogP contribution in [0.5, 0.6) is 5.75 Å². The number of Topliss-reactive ketones (excluding diaryl/α,β-unsaturated/α-hetero) is 1. The summed E-state index contributed by atoms with van der Waals surface area (Å²) in [6, 6.07) is 26.2. The van der Waals surface area contributed by atoms with Gasteiger partial charge in [-0.1, -0.05) is 66.7 Å². The first-order valence-electron chi connectivity index (χ1n) is 11.3. The van der Waals surface area contributed by atoms with E-state index in [0.717, 1.165) is 34.7 Å². The van der Waals surface area contributed by atoms with Crippen molar-refractivity contribution in [2.24, 2.45) is 16.5 Å². The number of hydrogen-bond acceptors (Lipinski definition) is 6. The summed E-state index contributed by atoms with van der Waals surface area (Å²) in [5.41, 5.74) is 16.3. The SMILES string of the molecule is CC(N)C(=O)C1N=C(c2ccccc2)c2ccccc2N(CCCOc2ccccc2)C1N. The third-order valence-electron chi connectivity index (χ3n) is 5.76. The fraction of sp³-hybridized carbons (Fsp3) is 0.259. The number of para-hydroxylation sites is 2. The highest BCUT2D eigenvalue weighted by molar-refractivity contribution is 6.17. The fourth-order valence-corrected chi connectivity index (χ4v) is 4.08. The predicted octanol–water partition coefficient (Wildman–Crippen LogP) is 3.38. The van der Waals surface area contributed by atoms with Gasteiger partial charge in [0.1, 0.15) is 18.0 Å². The number of fused-ring (bicyclic) bond motifs is 1. The number of nitrogens with zero attached hydrogens (tertiary/aromatic N) is 2. The molecule has 1 aliphatic rings. The van der Waals surface area contributed by atoms with Crippen LogP contribution in [-0.4, -0.2) is 42.9 Å². The maximum Gasteiger partial charge on any atom is 0.177 e. The number of benzene rings is 3. The minimum atomic E-state index is -0.775. The van der Waals surface area contributed by atoms with Crippen LogP contribution in [0.1, 0.15) is 24.5 Å². The summed E-state index contributed by atoms with van der Waals surface area (Å²) in [6.07, 6.45) is 0.0963. The van der Waals surface area contributed by atoms with E-state index in [-0.39, 0.29) is 5.78 Å². The zero-order chi connectivity index (χ0) is 23.2. The zero-order valence-corrected chi connectivity index (χ0v) is 18.8. The van der Waals surface area contributed by atoms with Crippen molar-refractivity contribution in [1.82, 2.24) is 0 Å². The van der Waals surface area contributed by atoms with Crippen molar-refractivity contribution < 1.29 is 9.53 Å². The molecule has 0 saturated carbocycles. The number of carbonyl (C=O) groups excluding carboxylic acids is 1. The van der Waals surface area contributed by atoms with Gasteiger partial charge in [0.15, 0.2) is 5.78 Å². The number of rotatable bonds is 8. The van der Waals surface area contributed by atoms with Gasteiger partial charge in [-0.15, -0.1) is 0 Å². The standard InChI is InChI=1S/C27H30N4O2/c1-19(28)26(32)25-27(29)31(17-10-18-33-21-13-6-3-7-14-21)23-16-9-8-15-22(23)24(30-25)20-11-4-2-5-12-20/h2-9,11-16,19,25,27H,10,17-18,28-29H2,1H3. The van der Waals surface area contributed by atoms with Gasteiger partial charge in [0.25, 0.3) is 0 Å². The molecule has 4 N–H and O–H groups in total. The molecule has 0 amide bonds. The Hall–Kier alpha value is -3.48. The molecule has 0 radical (unpaired) electrons. The average Bonchev–Trinajstić information content (AvgIpc) is 2.97. The van der Waals surface area contributed by atoms with Crippen molar-refractivity contribution in [3.05, 3.63) is 96.1 Å². The second-order valence-electron chi connectivity index (χ2n) is 8.20. The van der Waals surface area contributed by atoms with E-state index in [0.29, 0.717) is 13.2 Å². The topological polar surface area (TPSA) is 93.9 Å². The lowest BCUT2D eigenvalue weighted by atomic mass is 10.00. The summed E-state index contributed by atoms with van der Waals surface area (Å²) >= 11 is 0. The van der Waals surface area contributed by atoms with Crippen LogP contribution in [0.4, 0.5) is 5.69 Å². The van der Waals surface area contributed by atoms with Gasteiger partial charge in [-0.05, 0) is 31.5 Å². The van der Waals surface area contributed by atoms with E-state index in [2.05, 4.69) is 4.90 Å². The third kappa shape index (κ3) is 5.13. The van der Waals surface area contributed by atoms with E-state index in [9.17, 15) is 4.79 Å². The Bertz CT molecular complexity index is 1100. The molecule has 0 bridgehead atoms. The van der Waals surface area contributed by atoms with Crippen LogP contribution in [0.25, 0.3) is 0 Å². The van der Waals surface area contributed by atoms with Crippen molar-refractivity contribution in [2.75, 3.05) is 18.1 Å². The summed E-state index contributed by atoms with van der Waals surface area (Å²) in [4.78, 5) is 20.1. The predicted molar refractivity (Wildman–Crippen MR) is 133 cm³/mol. The lowest BCUT2D eigenvalue weighted by Gasteiger charge is -2.33. The Kier molecular flexibility index (Phi) is 7.17. The maximum absolute atomic E-state index is 13.1. The summed E-state index contributed by atoms with van der Waals surface area (Å²) in [7, 11) is 0. The van der Waals surface area contributed by atoms with Crippen molar-refractivity contribution in [3.63, 3.8) is 0 Å². The quantitative estimate of drug-likeness (QED) is 0.522. The first-order valence-corrected chi connectivity index (χ1v) is 11.3. The molecule has 6 nitrogen and oxygen atoms in total. The van der Waals surface area contributed by atoms with Crippen LogP contribution in [0.15, 0.2) is 89.9 Å². The molecule has 0 spiro atoms. The van der Waals surface area contributed by atoms with Gasteiger partial charge in [0.2, 0.25) is 0 Å². The minimum absolute atomic E-state index is 0.172. The molecule has 170 valence electrons. The second-order valence-corrected chi connectivity index (χ2v) is 8.20. The highest BCUT2D eigenvalue weighted by Gasteiger charge is 2.36. The van der Waals surface area contributed by atoms with Gasteiger partial charge >= 0.3 is 0 Å². The first kappa shape index (κ1) is 22.7. The van der Waals surface area contributed by atoms with Crippen LogP contribution in [-0.2, 0) is 4.79 Å². The summed E-state index contributed by atoms with van der Waals surface area (Å²) in [5.74, 6) is 0.659. The van der Waals surface area contributed by atoms with Crippen molar-refractivity contribution >= 4 is 17.2 Å². The molecule has 33 heavy (non-hydrogen) atoms. The number of carbonyl (C=O) groups is 1. The maximum atomic E-state index is 13.1. The Morgan fingerprint density at radius 2 is 1.64 bits per heavy atom. The molecule has 1 aliphatic heterocycles. The van der Waals surface area contributed by atoms with Gasteiger partial charge in [-0.3, -0.25) is 9.79 Å². The number of aliphatic imine (C=N–C) groups is 1. The molecule has 0 saturated heterocycles. The van der Waals surface area contributed by atoms with Crippen LogP contribution in [0, 0.1) is 0 Å². The molecule has 0 aromatic heterocycles. The largest absolute Gasteiger partial charge is 0.494 e. The second kappa shape index (κ2) is 10.4. The van der Waals surface area contributed by atoms with Crippen LogP contribution < -0.4 is 21.1 Å². The van der Waals surface area contributed by atoms with Crippen molar-refractivity contribution in [3.8, 4) is 5.75 Å². The lowest BCUT2D eigenvalue weighted by Crippen LogP contribution is -2.55. The van der Waals surface area contributed by atoms with Gasteiger partial charge in [-0.2, -0.15) is 0 Å². The molecule has 1 heterocycles. The highest BCUT2D eigenvalue weighted by atomic mass is 16.5. The fourth-order valence-electron chi connectivity index (χ4n) is 4.08. The number of ether oxygens (including phenoxy) is 1. The van der Waals surface area contributed by atoms with Gasteiger partial charge in [-0.25, -0.2) is 0 Å². The van der Waals surface area contributed by atoms with Crippen molar-refractivity contribution in [2.45, 2.75) is 31.6 Å². The van der Waals surface area contributed by atoms with Gasteiger partial charge in [0, 0.05) is 23.4 Å². The molecular weight excluding hydrogens is 412 g/mol. The van der Waals surface area contributed by atoms with E-state index in [1.165, 1.54) is 0 Å². The smallest absolute Gasteiger partial charge is 0.177 e. The summed E-state index contributed by atoms with van der Waals surface area (Å²) in [5, 5.41) is 0. The molecule has 4 rings (SSSR count). The Balaban J connectivity index is 1.66. The molecule has 0 aliphatic carbocycles. The molecule has 0 fully saturated rings. The monoisotopic (exact) mass is 442 g/mol. The van der Waals surface area contributed by atoms with E-state index >= 15 is 0 Å². The minimum Gasteiger partial charge on any atom is -0.494 e. The Labute approximate surface area is 194 Å². The van der Waals surface area contributed by atoms with Gasteiger partial charge < -0.3 is 21.1 Å². The molecule has 3 unspecified atom stereocenters. The lowest BCUT2D eigenvalue weighted by molar-refractivity contribution is -0.121. The third-order valence-corrected chi connectivity index (χ3v) is 5.76. The normalized spacial score (nSPS) is 18.6. The number of ketones is 1. The molecular formula is C27H30N4O2. The van der Waals surface area contributed by atoms with E-state index < -0.39 is 18.2 Å². The molecule has 3 atom stereocenters. The summed E-state index contributed by atoms with van der Waals surface area (Å²) < 4.78 is 5.87. The Morgan fingerprint density at radius 1 is 1.00 bits per heavy atom. The van der Waals surface area contributed by atoms with Crippen LogP contribution >= 0.6 is 0 Å². The zero-order valence-electron chi connectivity index (χ0n) is 18.8. The van der Waals surface area contributed by atoms with Gasteiger partial charge in [0.05, 0.1) is 18.4 Å². The van der Waals surface area contributed by atoms with Crippen molar-refractivity contribution in [1.29, 1.82) is 0 Å². The van der Waals surface area contributed by atoms with E-state index in [1.54, 1.807) is 6.92 Å². The first-order chi connectivity index (χ1) is 16.1. The van der Waals surface area contributed by atoms with Crippen LogP contribution in [0.2, 0.25) is 0 Å². The highest BCUT2D eigenvalue weighted by Crippen LogP contribution is 2.30. The number of benzodiazepines with no additional fused rings is 1. The number of nitrogens with two attached hydrogens (primary N) is 2. The van der Waals surface area contributed by atoms with E-state index in [1.807, 2.05) is 84.9 Å². The van der Waals surface area contributed by atoms with E-state index in [4.69, 9.17) is 21.2 Å². The molecule has 3 aromatic carbocycles. The average molecular weight is 443 g/mol. The number of anilines is 1. The number of hydrogen-bond donors (Lipinski definition) is 2. The summed E-state index contributed by atoms with van der Waals surface area (Å²) in [6.45, 7) is 2.84.